The molecule has 0 bridgehead atoms. The van der Waals surface area contributed by atoms with Crippen molar-refractivity contribution in [2.45, 2.75) is 57.6 Å². The molecule has 3 rings (SSSR count). The summed E-state index contributed by atoms with van der Waals surface area (Å²) < 4.78 is 11.0. The van der Waals surface area contributed by atoms with Crippen LogP contribution in [0.2, 0.25) is 0 Å². The van der Waals surface area contributed by atoms with Gasteiger partial charge in [0.2, 0.25) is 5.89 Å². The summed E-state index contributed by atoms with van der Waals surface area (Å²) in [6.45, 7) is 5.60. The molecule has 1 atom stereocenters. The van der Waals surface area contributed by atoms with Crippen LogP contribution in [-0.2, 0) is 11.3 Å². The fourth-order valence-corrected chi connectivity index (χ4v) is 3.08. The zero-order valence-corrected chi connectivity index (χ0v) is 11.7. The van der Waals surface area contributed by atoms with Crippen LogP contribution >= 0.6 is 0 Å². The van der Waals surface area contributed by atoms with Gasteiger partial charge in [0.1, 0.15) is 0 Å². The summed E-state index contributed by atoms with van der Waals surface area (Å²) in [4.78, 5) is 6.93. The van der Waals surface area contributed by atoms with Crippen molar-refractivity contribution in [3.63, 3.8) is 0 Å². The van der Waals surface area contributed by atoms with Crippen molar-refractivity contribution >= 4 is 0 Å². The second-order valence-corrected chi connectivity index (χ2v) is 5.80. The Balaban J connectivity index is 1.58. The number of ether oxygens (including phenoxy) is 1. The SMILES string of the molecule is CC1CN(Cc2noc(C3CCCCC3)n2)CCO1. The third kappa shape index (κ3) is 3.34. The highest BCUT2D eigenvalue weighted by atomic mass is 16.5. The molecule has 0 spiro atoms. The molecule has 0 radical (unpaired) electrons. The first-order valence-electron chi connectivity index (χ1n) is 7.47. The van der Waals surface area contributed by atoms with E-state index in [1.165, 1.54) is 32.1 Å². The van der Waals surface area contributed by atoms with Crippen LogP contribution in [-0.4, -0.2) is 40.8 Å². The minimum atomic E-state index is 0.304. The van der Waals surface area contributed by atoms with Crippen molar-refractivity contribution < 1.29 is 9.26 Å². The average molecular weight is 265 g/mol. The highest BCUT2D eigenvalue weighted by Crippen LogP contribution is 2.31. The van der Waals surface area contributed by atoms with Crippen molar-refractivity contribution in [1.29, 1.82) is 0 Å². The van der Waals surface area contributed by atoms with Crippen molar-refractivity contribution in [2.75, 3.05) is 19.7 Å². The van der Waals surface area contributed by atoms with E-state index < -0.39 is 0 Å². The van der Waals surface area contributed by atoms with Gasteiger partial charge in [0.25, 0.3) is 0 Å². The summed E-state index contributed by atoms with van der Waals surface area (Å²) in [5.74, 6) is 2.18. The Morgan fingerprint density at radius 1 is 1.26 bits per heavy atom. The van der Waals surface area contributed by atoms with Crippen molar-refractivity contribution in [1.82, 2.24) is 15.0 Å². The second kappa shape index (κ2) is 6.01. The number of nitrogens with zero attached hydrogens (tertiary/aromatic N) is 3. The van der Waals surface area contributed by atoms with Crippen molar-refractivity contribution in [3.8, 4) is 0 Å². The first-order valence-corrected chi connectivity index (χ1v) is 7.47. The van der Waals surface area contributed by atoms with Gasteiger partial charge in [-0.1, -0.05) is 24.4 Å². The van der Waals surface area contributed by atoms with Gasteiger partial charge in [-0.25, -0.2) is 0 Å². The van der Waals surface area contributed by atoms with E-state index >= 15 is 0 Å². The maximum absolute atomic E-state index is 5.54. The normalized spacial score (nSPS) is 26.7. The van der Waals surface area contributed by atoms with Gasteiger partial charge < -0.3 is 9.26 Å². The Hall–Kier alpha value is -0.940. The van der Waals surface area contributed by atoms with Crippen molar-refractivity contribution in [3.05, 3.63) is 11.7 Å². The molecule has 1 aromatic heterocycles. The smallest absolute Gasteiger partial charge is 0.229 e. The second-order valence-electron chi connectivity index (χ2n) is 5.80. The molecule has 1 saturated heterocycles. The lowest BCUT2D eigenvalue weighted by atomic mass is 9.89. The first kappa shape index (κ1) is 13.1. The topological polar surface area (TPSA) is 51.4 Å². The van der Waals surface area contributed by atoms with Crippen LogP contribution in [0, 0.1) is 0 Å². The number of morpholine rings is 1. The molecule has 2 heterocycles. The molecule has 1 saturated carbocycles. The molecule has 19 heavy (non-hydrogen) atoms. The standard InChI is InChI=1S/C14H23N3O2/c1-11-9-17(7-8-18-11)10-13-15-14(19-16-13)12-5-3-2-4-6-12/h11-12H,2-10H2,1H3. The Kier molecular flexibility index (Phi) is 4.13. The third-order valence-corrected chi connectivity index (χ3v) is 4.13. The minimum absolute atomic E-state index is 0.304. The molecule has 1 aromatic rings. The van der Waals surface area contributed by atoms with Gasteiger partial charge in [-0.2, -0.15) is 4.98 Å². The van der Waals surface area contributed by atoms with Crippen LogP contribution in [0.4, 0.5) is 0 Å². The molecule has 1 aliphatic carbocycles. The lowest BCUT2D eigenvalue weighted by Gasteiger charge is -2.29. The molecule has 0 aromatic carbocycles. The lowest BCUT2D eigenvalue weighted by molar-refractivity contribution is -0.0221. The maximum atomic E-state index is 5.54. The van der Waals surface area contributed by atoms with E-state index in [1.807, 2.05) is 0 Å². The van der Waals surface area contributed by atoms with Crippen LogP contribution in [0.15, 0.2) is 4.52 Å². The Morgan fingerprint density at radius 3 is 2.89 bits per heavy atom. The van der Waals surface area contributed by atoms with Gasteiger partial charge in [0, 0.05) is 19.0 Å². The molecule has 2 aliphatic rings. The van der Waals surface area contributed by atoms with E-state index in [0.717, 1.165) is 38.0 Å². The Morgan fingerprint density at radius 2 is 2.11 bits per heavy atom. The molecular formula is C14H23N3O2. The van der Waals surface area contributed by atoms with Crippen LogP contribution in [0.3, 0.4) is 0 Å². The number of aromatic nitrogens is 2. The quantitative estimate of drug-likeness (QED) is 0.839. The van der Waals surface area contributed by atoms with E-state index in [4.69, 9.17) is 9.26 Å². The molecule has 1 unspecified atom stereocenters. The number of rotatable bonds is 3. The largest absolute Gasteiger partial charge is 0.376 e. The molecule has 5 heteroatoms. The highest BCUT2D eigenvalue weighted by Gasteiger charge is 2.23. The average Bonchev–Trinajstić information content (AvgIpc) is 2.88. The summed E-state index contributed by atoms with van der Waals surface area (Å²) >= 11 is 0. The third-order valence-electron chi connectivity index (χ3n) is 4.13. The van der Waals surface area contributed by atoms with Crippen LogP contribution in [0.25, 0.3) is 0 Å². The fraction of sp³-hybridized carbons (Fsp3) is 0.857. The minimum Gasteiger partial charge on any atom is -0.376 e. The molecule has 106 valence electrons. The molecule has 0 amide bonds. The lowest BCUT2D eigenvalue weighted by Crippen LogP contribution is -2.40. The van der Waals surface area contributed by atoms with E-state index in [-0.39, 0.29) is 0 Å². The van der Waals surface area contributed by atoms with Crippen LogP contribution in [0.5, 0.6) is 0 Å². The first-order chi connectivity index (χ1) is 9.31. The Bertz CT molecular complexity index is 401. The predicted octanol–water partition coefficient (Wildman–Crippen LogP) is 2.34. The van der Waals surface area contributed by atoms with Crippen LogP contribution in [0.1, 0.15) is 56.7 Å². The number of hydrogen-bond donors (Lipinski definition) is 0. The highest BCUT2D eigenvalue weighted by molar-refractivity contribution is 4.95. The summed E-state index contributed by atoms with van der Waals surface area (Å²) in [6, 6.07) is 0. The summed E-state index contributed by atoms with van der Waals surface area (Å²) in [7, 11) is 0. The molecule has 0 N–H and O–H groups in total. The summed E-state index contributed by atoms with van der Waals surface area (Å²) in [6.07, 6.45) is 6.65. The van der Waals surface area contributed by atoms with E-state index in [0.29, 0.717) is 12.0 Å². The van der Waals surface area contributed by atoms with Gasteiger partial charge in [0.05, 0.1) is 19.3 Å². The van der Waals surface area contributed by atoms with Crippen LogP contribution < -0.4 is 0 Å². The monoisotopic (exact) mass is 265 g/mol. The van der Waals surface area contributed by atoms with E-state index in [1.54, 1.807) is 0 Å². The number of hydrogen-bond acceptors (Lipinski definition) is 5. The summed E-state index contributed by atoms with van der Waals surface area (Å²) in [5.41, 5.74) is 0. The van der Waals surface area contributed by atoms with Gasteiger partial charge in [0.15, 0.2) is 5.82 Å². The van der Waals surface area contributed by atoms with Gasteiger partial charge in [-0.15, -0.1) is 0 Å². The van der Waals surface area contributed by atoms with Gasteiger partial charge >= 0.3 is 0 Å². The molecular weight excluding hydrogens is 242 g/mol. The molecule has 2 fully saturated rings. The van der Waals surface area contributed by atoms with Gasteiger partial charge in [-0.3, -0.25) is 4.90 Å². The zero-order chi connectivity index (χ0) is 13.1. The maximum Gasteiger partial charge on any atom is 0.229 e. The van der Waals surface area contributed by atoms with E-state index in [2.05, 4.69) is 22.0 Å². The zero-order valence-electron chi connectivity index (χ0n) is 11.7. The van der Waals surface area contributed by atoms with E-state index in [9.17, 15) is 0 Å². The van der Waals surface area contributed by atoms with Gasteiger partial charge in [-0.05, 0) is 19.8 Å². The predicted molar refractivity (Wildman–Crippen MR) is 70.8 cm³/mol. The molecule has 5 nitrogen and oxygen atoms in total. The molecule has 1 aliphatic heterocycles. The van der Waals surface area contributed by atoms with Crippen molar-refractivity contribution in [2.24, 2.45) is 0 Å². The fourth-order valence-electron chi connectivity index (χ4n) is 3.08. The Labute approximate surface area is 114 Å². The summed E-state index contributed by atoms with van der Waals surface area (Å²) in [5, 5.41) is 4.14.